The van der Waals surface area contributed by atoms with Gasteiger partial charge in [0.1, 0.15) is 5.15 Å². The number of nitrogens with one attached hydrogen (secondary N) is 1. The molecule has 2 aliphatic heterocycles. The second-order valence-electron chi connectivity index (χ2n) is 5.61. The second kappa shape index (κ2) is 8.61. The zero-order valence-electron chi connectivity index (χ0n) is 13.0. The minimum absolute atomic E-state index is 0.524. The van der Waals surface area contributed by atoms with Gasteiger partial charge in [-0.2, -0.15) is 0 Å². The highest BCUT2D eigenvalue weighted by atomic mass is 35.5. The van der Waals surface area contributed by atoms with E-state index in [2.05, 4.69) is 22.4 Å². The Labute approximate surface area is 144 Å². The second-order valence-corrected chi connectivity index (χ2v) is 6.00. The quantitative estimate of drug-likeness (QED) is 0.572. The van der Waals surface area contributed by atoms with Crippen LogP contribution in [0.25, 0.3) is 5.57 Å². The van der Waals surface area contributed by atoms with Crippen LogP contribution in [0.3, 0.4) is 0 Å². The first-order chi connectivity index (χ1) is 11.5. The molecule has 0 aromatic carbocycles. The summed E-state index contributed by atoms with van der Waals surface area (Å²) in [6, 6.07) is 5.19. The third-order valence-electron chi connectivity index (χ3n) is 3.92. The van der Waals surface area contributed by atoms with Crippen LogP contribution in [0, 0.1) is 0 Å². The first-order valence-corrected chi connectivity index (χ1v) is 8.05. The molecule has 7 heteroatoms. The Morgan fingerprint density at radius 1 is 1.17 bits per heavy atom. The van der Waals surface area contributed by atoms with Gasteiger partial charge in [0.2, 0.25) is 0 Å². The Hall–Kier alpha value is -2.18. The van der Waals surface area contributed by atoms with Gasteiger partial charge in [0.15, 0.2) is 0 Å². The number of allylic oxidation sites excluding steroid dienone is 1. The molecule has 0 aliphatic carbocycles. The Bertz CT molecular complexity index is 639. The minimum Gasteiger partial charge on any atom is -0.478 e. The lowest BCUT2D eigenvalue weighted by Gasteiger charge is -2.15. The summed E-state index contributed by atoms with van der Waals surface area (Å²) < 4.78 is 0. The fourth-order valence-electron chi connectivity index (χ4n) is 2.88. The van der Waals surface area contributed by atoms with Crippen molar-refractivity contribution >= 4 is 29.1 Å². The lowest BCUT2D eigenvalue weighted by atomic mass is 9.95. The predicted molar refractivity (Wildman–Crippen MR) is 90.8 cm³/mol. The first-order valence-electron chi connectivity index (χ1n) is 7.67. The molecule has 1 fully saturated rings. The van der Waals surface area contributed by atoms with E-state index in [4.69, 9.17) is 21.8 Å². The maximum atomic E-state index is 9.55. The fourth-order valence-corrected chi connectivity index (χ4v) is 2.99. The normalized spacial score (nSPS) is 22.3. The minimum atomic E-state index is -1.26. The van der Waals surface area contributed by atoms with Crippen LogP contribution >= 0.6 is 11.6 Å². The molecule has 6 nitrogen and oxygen atoms in total. The molecule has 3 rings (SSSR count). The number of pyridine rings is 1. The van der Waals surface area contributed by atoms with Crippen LogP contribution < -0.4 is 5.32 Å². The van der Waals surface area contributed by atoms with Crippen LogP contribution in [0.2, 0.25) is 5.15 Å². The van der Waals surface area contributed by atoms with Crippen LogP contribution in [0.15, 0.2) is 36.6 Å². The number of rotatable bonds is 3. The lowest BCUT2D eigenvalue weighted by molar-refractivity contribution is -0.134. The zero-order chi connectivity index (χ0) is 17.5. The maximum Gasteiger partial charge on any atom is 0.328 e. The largest absolute Gasteiger partial charge is 0.478 e. The third-order valence-corrected chi connectivity index (χ3v) is 4.15. The molecule has 0 amide bonds. The van der Waals surface area contributed by atoms with Gasteiger partial charge in [0, 0.05) is 30.4 Å². The van der Waals surface area contributed by atoms with Crippen LogP contribution in [-0.2, 0) is 9.59 Å². The number of carbonyl (C=O) groups is 2. The van der Waals surface area contributed by atoms with Gasteiger partial charge in [-0.05, 0) is 42.9 Å². The highest BCUT2D eigenvalue weighted by molar-refractivity contribution is 6.29. The number of hydrogen-bond acceptors (Lipinski definition) is 4. The van der Waals surface area contributed by atoms with Gasteiger partial charge < -0.3 is 15.5 Å². The monoisotopic (exact) mass is 350 g/mol. The first kappa shape index (κ1) is 18.2. The molecule has 2 atom stereocenters. The molecule has 1 aromatic rings. The van der Waals surface area contributed by atoms with Crippen molar-refractivity contribution in [2.75, 3.05) is 0 Å². The van der Waals surface area contributed by atoms with Crippen LogP contribution in [-0.4, -0.2) is 39.2 Å². The summed E-state index contributed by atoms with van der Waals surface area (Å²) in [6.45, 7) is 0. The molecule has 0 radical (unpaired) electrons. The van der Waals surface area contributed by atoms with Crippen molar-refractivity contribution < 1.29 is 19.8 Å². The van der Waals surface area contributed by atoms with Crippen molar-refractivity contribution in [3.63, 3.8) is 0 Å². The summed E-state index contributed by atoms with van der Waals surface area (Å²) in [5.74, 6) is -2.51. The molecule has 0 saturated carbocycles. The topological polar surface area (TPSA) is 99.5 Å². The van der Waals surface area contributed by atoms with E-state index in [9.17, 15) is 9.59 Å². The molecule has 24 heavy (non-hydrogen) atoms. The van der Waals surface area contributed by atoms with E-state index in [0.717, 1.165) is 6.04 Å². The fraction of sp³-hybridized carbons (Fsp3) is 0.353. The molecule has 128 valence electrons. The highest BCUT2D eigenvalue weighted by Crippen LogP contribution is 2.31. The van der Waals surface area contributed by atoms with E-state index in [1.165, 1.54) is 36.8 Å². The number of carboxylic acids is 2. The number of carboxylic acid groups (broad SMARTS) is 2. The van der Waals surface area contributed by atoms with Crippen molar-refractivity contribution in [3.8, 4) is 0 Å². The summed E-state index contributed by atoms with van der Waals surface area (Å²) in [5.41, 5.74) is 2.62. The Kier molecular flexibility index (Phi) is 6.52. The van der Waals surface area contributed by atoms with Gasteiger partial charge in [-0.25, -0.2) is 14.6 Å². The smallest absolute Gasteiger partial charge is 0.328 e. The average molecular weight is 351 g/mol. The summed E-state index contributed by atoms with van der Waals surface area (Å²) >= 11 is 5.82. The van der Waals surface area contributed by atoms with Gasteiger partial charge in [-0.1, -0.05) is 23.7 Å². The van der Waals surface area contributed by atoms with E-state index in [-0.39, 0.29) is 0 Å². The number of nitrogens with zero attached hydrogens (tertiary/aromatic N) is 1. The van der Waals surface area contributed by atoms with E-state index in [0.29, 0.717) is 23.3 Å². The van der Waals surface area contributed by atoms with Crippen molar-refractivity contribution in [2.24, 2.45) is 0 Å². The average Bonchev–Trinajstić information content (AvgIpc) is 2.88. The van der Waals surface area contributed by atoms with Crippen molar-refractivity contribution in [2.45, 2.75) is 37.8 Å². The zero-order valence-corrected chi connectivity index (χ0v) is 13.7. The number of hydrogen-bond donors (Lipinski definition) is 3. The predicted octanol–water partition coefficient (Wildman–Crippen LogP) is 2.74. The van der Waals surface area contributed by atoms with Gasteiger partial charge >= 0.3 is 11.9 Å². The van der Waals surface area contributed by atoms with Crippen molar-refractivity contribution in [1.29, 1.82) is 0 Å². The molecule has 3 N–H and O–H groups in total. The Balaban J connectivity index is 0.000000224. The van der Waals surface area contributed by atoms with Gasteiger partial charge in [-0.3, -0.25) is 0 Å². The molecule has 2 bridgehead atoms. The van der Waals surface area contributed by atoms with E-state index >= 15 is 0 Å². The maximum absolute atomic E-state index is 9.55. The lowest BCUT2D eigenvalue weighted by Crippen LogP contribution is -2.28. The van der Waals surface area contributed by atoms with Crippen LogP contribution in [0.4, 0.5) is 0 Å². The van der Waals surface area contributed by atoms with Gasteiger partial charge in [-0.15, -0.1) is 0 Å². The van der Waals surface area contributed by atoms with Gasteiger partial charge in [0.05, 0.1) is 0 Å². The number of fused-ring (bicyclic) bond motifs is 2. The molecular weight excluding hydrogens is 332 g/mol. The summed E-state index contributed by atoms with van der Waals surface area (Å²) in [4.78, 5) is 23.3. The van der Waals surface area contributed by atoms with Crippen LogP contribution in [0.1, 0.15) is 31.2 Å². The standard InChI is InChI=1S/C13H15ClN2.C4H4O4/c14-13-7-4-9(8-15-13)11-3-1-2-10-5-6-12(11)16-10;5-3(6)1-2-4(7)8/h3-4,7-8,10,12,16H,1-2,5-6H2;1-2H,(H,5,6)(H,7,8)/t10-,12-;/m1./s1. The van der Waals surface area contributed by atoms with Crippen molar-refractivity contribution in [3.05, 3.63) is 47.3 Å². The molecule has 1 aromatic heterocycles. The van der Waals surface area contributed by atoms with E-state index in [1.54, 1.807) is 0 Å². The number of aromatic nitrogens is 1. The van der Waals surface area contributed by atoms with E-state index in [1.807, 2.05) is 12.3 Å². The highest BCUT2D eigenvalue weighted by Gasteiger charge is 2.28. The third kappa shape index (κ3) is 5.47. The SMILES string of the molecule is Clc1ccc(C2=CCC[C@@H]3CC[C@H]2N3)cn1.O=C(O)C=CC(=O)O. The summed E-state index contributed by atoms with van der Waals surface area (Å²) in [5, 5.41) is 19.9. The molecule has 3 heterocycles. The molecule has 0 unspecified atom stereocenters. The van der Waals surface area contributed by atoms with Crippen LogP contribution in [0.5, 0.6) is 0 Å². The number of aliphatic carboxylic acids is 2. The Morgan fingerprint density at radius 3 is 2.46 bits per heavy atom. The molecule has 0 spiro atoms. The molecular formula is C17H19ClN2O4. The summed E-state index contributed by atoms with van der Waals surface area (Å²) in [6.07, 6.45) is 10.4. The van der Waals surface area contributed by atoms with E-state index < -0.39 is 11.9 Å². The Morgan fingerprint density at radius 2 is 1.88 bits per heavy atom. The van der Waals surface area contributed by atoms with Crippen molar-refractivity contribution in [1.82, 2.24) is 10.3 Å². The molecule has 2 aliphatic rings. The summed E-state index contributed by atoms with van der Waals surface area (Å²) in [7, 11) is 0. The molecule has 1 saturated heterocycles. The van der Waals surface area contributed by atoms with Gasteiger partial charge in [0.25, 0.3) is 0 Å². The number of halogens is 1.